The van der Waals surface area contributed by atoms with Gasteiger partial charge in [-0.3, -0.25) is 9.59 Å². The molecule has 2 aromatic rings. The molecule has 1 N–H and O–H groups in total. The average Bonchev–Trinajstić information content (AvgIpc) is 2.94. The van der Waals surface area contributed by atoms with Crippen molar-refractivity contribution in [2.75, 3.05) is 4.90 Å². The van der Waals surface area contributed by atoms with Crippen LogP contribution in [0.25, 0.3) is 11.0 Å². The van der Waals surface area contributed by atoms with E-state index in [2.05, 4.69) is 15.0 Å². The van der Waals surface area contributed by atoms with E-state index in [1.54, 1.807) is 40.2 Å². The number of aromatic amines is 1. The van der Waals surface area contributed by atoms with Gasteiger partial charge in [-0.05, 0) is 40.2 Å². The summed E-state index contributed by atoms with van der Waals surface area (Å²) in [6.07, 6.45) is 3.18. The zero-order valence-corrected chi connectivity index (χ0v) is 12.8. The molecule has 3 heterocycles. The van der Waals surface area contributed by atoms with Gasteiger partial charge >= 0.3 is 0 Å². The molecule has 0 radical (unpaired) electrons. The van der Waals surface area contributed by atoms with Crippen molar-refractivity contribution in [3.63, 3.8) is 0 Å². The number of rotatable bonds is 1. The molecule has 2 aromatic heterocycles. The van der Waals surface area contributed by atoms with Crippen molar-refractivity contribution in [2.45, 2.75) is 34.6 Å². The summed E-state index contributed by atoms with van der Waals surface area (Å²) < 4.78 is 0. The number of nitrogens with zero attached hydrogens (tertiary/aromatic N) is 3. The van der Waals surface area contributed by atoms with Crippen LogP contribution in [0.4, 0.5) is 5.82 Å². The quantitative estimate of drug-likeness (QED) is 0.815. The number of imidazole rings is 1. The van der Waals surface area contributed by atoms with E-state index in [1.165, 1.54) is 4.90 Å². The van der Waals surface area contributed by atoms with Gasteiger partial charge in [-0.1, -0.05) is 0 Å². The molecular formula is C15H18N4O2. The molecule has 3 rings (SSSR count). The first-order valence-electron chi connectivity index (χ1n) is 6.87. The second-order valence-electron chi connectivity index (χ2n) is 6.59. The molecule has 0 aromatic carbocycles. The number of imide groups is 1. The van der Waals surface area contributed by atoms with E-state index in [0.29, 0.717) is 11.3 Å². The Balaban J connectivity index is 2.25. The lowest BCUT2D eigenvalue weighted by molar-refractivity contribution is -0.129. The van der Waals surface area contributed by atoms with Gasteiger partial charge in [0.05, 0.1) is 22.7 Å². The molecule has 0 aliphatic carbocycles. The minimum absolute atomic E-state index is 0.232. The van der Waals surface area contributed by atoms with Crippen molar-refractivity contribution in [2.24, 2.45) is 10.8 Å². The van der Waals surface area contributed by atoms with Crippen LogP contribution in [0.1, 0.15) is 33.3 Å². The van der Waals surface area contributed by atoms with Crippen LogP contribution in [0, 0.1) is 17.8 Å². The van der Waals surface area contributed by atoms with Crippen molar-refractivity contribution in [3.8, 4) is 0 Å². The summed E-state index contributed by atoms with van der Waals surface area (Å²) in [5.41, 5.74) is 0.687. The third-order valence-electron chi connectivity index (χ3n) is 4.87. The fourth-order valence-corrected chi connectivity index (χ4v) is 2.60. The number of fused-ring (bicyclic) bond motifs is 1. The molecule has 0 atom stereocenters. The van der Waals surface area contributed by atoms with Crippen molar-refractivity contribution >= 4 is 28.7 Å². The number of carbonyl (C=O) groups is 2. The summed E-state index contributed by atoms with van der Waals surface area (Å²) >= 11 is 0. The zero-order valence-electron chi connectivity index (χ0n) is 12.8. The minimum Gasteiger partial charge on any atom is -0.342 e. The monoisotopic (exact) mass is 286 g/mol. The number of amides is 2. The lowest BCUT2D eigenvalue weighted by Gasteiger charge is -2.28. The summed E-state index contributed by atoms with van der Waals surface area (Å²) in [7, 11) is 0. The molecule has 21 heavy (non-hydrogen) atoms. The maximum absolute atomic E-state index is 12.7. The smallest absolute Gasteiger partial charge is 0.241 e. The van der Waals surface area contributed by atoms with Crippen LogP contribution in [0.2, 0.25) is 0 Å². The highest BCUT2D eigenvalue weighted by molar-refractivity contribution is 6.26. The Morgan fingerprint density at radius 2 is 1.62 bits per heavy atom. The standard InChI is InChI=1S/C15H18N4O2/c1-8-6-16-11(10-9(8)17-7-18-10)19-12(20)14(2,3)15(4,5)13(19)21/h6-7H,1-5H3,(H,17,18). The molecule has 0 unspecified atom stereocenters. The second kappa shape index (κ2) is 3.90. The largest absolute Gasteiger partial charge is 0.342 e. The molecule has 1 aliphatic rings. The maximum Gasteiger partial charge on any atom is 0.241 e. The molecule has 0 saturated carbocycles. The number of nitrogens with one attached hydrogen (secondary N) is 1. The van der Waals surface area contributed by atoms with E-state index in [0.717, 1.165) is 11.1 Å². The molecule has 0 spiro atoms. The normalized spacial score (nSPS) is 20.5. The number of carbonyl (C=O) groups excluding carboxylic acids is 2. The highest BCUT2D eigenvalue weighted by atomic mass is 16.2. The van der Waals surface area contributed by atoms with Crippen LogP contribution in [-0.4, -0.2) is 26.8 Å². The van der Waals surface area contributed by atoms with Crippen molar-refractivity contribution in [3.05, 3.63) is 18.1 Å². The predicted octanol–water partition coefficient (Wildman–Crippen LogP) is 2.19. The second-order valence-corrected chi connectivity index (χ2v) is 6.59. The van der Waals surface area contributed by atoms with Crippen LogP contribution in [-0.2, 0) is 9.59 Å². The SMILES string of the molecule is Cc1cnc(N2C(=O)C(C)(C)C(C)(C)C2=O)c2[nH]cnc12. The number of anilines is 1. The molecule has 0 bridgehead atoms. The number of aryl methyl sites for hydroxylation is 1. The fraction of sp³-hybridized carbons (Fsp3) is 0.467. The average molecular weight is 286 g/mol. The van der Waals surface area contributed by atoms with Gasteiger partial charge in [0.1, 0.15) is 5.52 Å². The van der Waals surface area contributed by atoms with E-state index in [9.17, 15) is 9.59 Å². The lowest BCUT2D eigenvalue weighted by Crippen LogP contribution is -2.35. The predicted molar refractivity (Wildman–Crippen MR) is 78.7 cm³/mol. The Labute approximate surface area is 122 Å². The number of aromatic nitrogens is 3. The maximum atomic E-state index is 12.7. The van der Waals surface area contributed by atoms with E-state index >= 15 is 0 Å². The van der Waals surface area contributed by atoms with Crippen molar-refractivity contribution in [1.29, 1.82) is 0 Å². The first-order chi connectivity index (χ1) is 9.69. The Bertz CT molecular complexity index is 747. The fourth-order valence-electron chi connectivity index (χ4n) is 2.60. The highest BCUT2D eigenvalue weighted by Gasteiger charge is 2.60. The topological polar surface area (TPSA) is 79.0 Å². The van der Waals surface area contributed by atoms with Gasteiger partial charge in [0.2, 0.25) is 11.8 Å². The first-order valence-corrected chi connectivity index (χ1v) is 6.87. The Morgan fingerprint density at radius 1 is 1.05 bits per heavy atom. The summed E-state index contributed by atoms with van der Waals surface area (Å²) in [5, 5.41) is 0. The van der Waals surface area contributed by atoms with E-state index in [1.807, 2.05) is 6.92 Å². The molecular weight excluding hydrogens is 268 g/mol. The van der Waals surface area contributed by atoms with Gasteiger partial charge in [0, 0.05) is 6.20 Å². The molecule has 2 amide bonds. The number of hydrogen-bond acceptors (Lipinski definition) is 4. The summed E-state index contributed by atoms with van der Waals surface area (Å²) in [6, 6.07) is 0. The first kappa shape index (κ1) is 13.7. The van der Waals surface area contributed by atoms with Gasteiger partial charge in [-0.2, -0.15) is 0 Å². The van der Waals surface area contributed by atoms with Crippen LogP contribution in [0.3, 0.4) is 0 Å². The van der Waals surface area contributed by atoms with Crippen LogP contribution >= 0.6 is 0 Å². The third kappa shape index (κ3) is 1.53. The summed E-state index contributed by atoms with van der Waals surface area (Å²) in [6.45, 7) is 9.08. The molecule has 1 fully saturated rings. The number of hydrogen-bond donors (Lipinski definition) is 1. The zero-order chi connectivity index (χ0) is 15.6. The Morgan fingerprint density at radius 3 is 2.19 bits per heavy atom. The lowest BCUT2D eigenvalue weighted by atomic mass is 9.70. The molecule has 110 valence electrons. The Kier molecular flexibility index (Phi) is 2.55. The van der Waals surface area contributed by atoms with Crippen LogP contribution < -0.4 is 4.90 Å². The van der Waals surface area contributed by atoms with Crippen molar-refractivity contribution in [1.82, 2.24) is 15.0 Å². The third-order valence-corrected chi connectivity index (χ3v) is 4.87. The van der Waals surface area contributed by atoms with E-state index in [-0.39, 0.29) is 11.8 Å². The van der Waals surface area contributed by atoms with Gasteiger partial charge < -0.3 is 4.98 Å². The van der Waals surface area contributed by atoms with Gasteiger partial charge in [-0.25, -0.2) is 14.9 Å². The van der Waals surface area contributed by atoms with Crippen LogP contribution in [0.15, 0.2) is 12.5 Å². The van der Waals surface area contributed by atoms with Gasteiger partial charge in [0.15, 0.2) is 5.82 Å². The van der Waals surface area contributed by atoms with E-state index in [4.69, 9.17) is 0 Å². The number of H-pyrrole nitrogens is 1. The van der Waals surface area contributed by atoms with Crippen molar-refractivity contribution < 1.29 is 9.59 Å². The Hall–Kier alpha value is -2.24. The number of pyridine rings is 1. The molecule has 1 saturated heterocycles. The minimum atomic E-state index is -0.775. The van der Waals surface area contributed by atoms with Gasteiger partial charge in [-0.15, -0.1) is 0 Å². The van der Waals surface area contributed by atoms with Gasteiger partial charge in [0.25, 0.3) is 0 Å². The molecule has 6 nitrogen and oxygen atoms in total. The van der Waals surface area contributed by atoms with E-state index < -0.39 is 10.8 Å². The summed E-state index contributed by atoms with van der Waals surface area (Å²) in [5.74, 6) is -0.128. The highest BCUT2D eigenvalue weighted by Crippen LogP contribution is 2.49. The van der Waals surface area contributed by atoms with Crippen LogP contribution in [0.5, 0.6) is 0 Å². The molecule has 1 aliphatic heterocycles. The molecule has 6 heteroatoms. The summed E-state index contributed by atoms with van der Waals surface area (Å²) in [4.78, 5) is 38.2.